The minimum atomic E-state index is 0.247. The molecule has 2 aromatic carbocycles. The fraction of sp³-hybridized carbons (Fsp3) is 0.111. The largest absolute Gasteiger partial charge is 0.454 e. The van der Waals surface area contributed by atoms with Gasteiger partial charge in [0, 0.05) is 22.7 Å². The maximum Gasteiger partial charge on any atom is 0.231 e. The summed E-state index contributed by atoms with van der Waals surface area (Å²) in [5.74, 6) is 2.56. The van der Waals surface area contributed by atoms with Crippen molar-refractivity contribution >= 4 is 10.9 Å². The topological polar surface area (TPSA) is 73.2 Å². The van der Waals surface area contributed by atoms with Gasteiger partial charge in [0.1, 0.15) is 0 Å². The first-order valence-corrected chi connectivity index (χ1v) is 7.64. The number of hydrogen-bond acceptors (Lipinski definition) is 5. The molecule has 1 aliphatic heterocycles. The lowest BCUT2D eigenvalue weighted by atomic mass is 10.1. The zero-order chi connectivity index (χ0) is 15.9. The van der Waals surface area contributed by atoms with Crippen molar-refractivity contribution in [3.05, 3.63) is 60.1 Å². The van der Waals surface area contributed by atoms with E-state index in [2.05, 4.69) is 21.2 Å². The zero-order valence-electron chi connectivity index (χ0n) is 12.7. The van der Waals surface area contributed by atoms with Crippen LogP contribution < -0.4 is 9.47 Å². The second-order valence-corrected chi connectivity index (χ2v) is 5.62. The van der Waals surface area contributed by atoms with Crippen LogP contribution in [0.2, 0.25) is 0 Å². The number of ether oxygens (including phenoxy) is 2. The molecule has 0 amide bonds. The van der Waals surface area contributed by atoms with Crippen molar-refractivity contribution in [3.63, 3.8) is 0 Å². The molecule has 0 saturated carbocycles. The van der Waals surface area contributed by atoms with Crippen LogP contribution in [0.5, 0.6) is 11.5 Å². The van der Waals surface area contributed by atoms with E-state index in [1.54, 1.807) is 0 Å². The van der Waals surface area contributed by atoms with Crippen molar-refractivity contribution in [2.45, 2.75) is 6.42 Å². The Bertz CT molecular complexity index is 1030. The Labute approximate surface area is 137 Å². The monoisotopic (exact) mass is 319 g/mol. The van der Waals surface area contributed by atoms with E-state index in [4.69, 9.17) is 14.0 Å². The number of para-hydroxylation sites is 1. The van der Waals surface area contributed by atoms with Gasteiger partial charge >= 0.3 is 0 Å². The van der Waals surface area contributed by atoms with Gasteiger partial charge in [-0.2, -0.15) is 4.98 Å². The number of nitrogens with one attached hydrogen (secondary N) is 1. The summed E-state index contributed by atoms with van der Waals surface area (Å²) in [7, 11) is 0. The standard InChI is InChI=1S/C18H13N3O3/c1-2-4-14-13(3-1)12(9-19-14)8-17-20-18(21-24-17)11-5-6-15-16(7-11)23-10-22-15/h1-7,9,19H,8,10H2. The van der Waals surface area contributed by atoms with Gasteiger partial charge in [0.2, 0.25) is 18.5 Å². The number of aromatic nitrogens is 3. The van der Waals surface area contributed by atoms with Crippen molar-refractivity contribution in [2.24, 2.45) is 0 Å². The predicted octanol–water partition coefficient (Wildman–Crippen LogP) is 3.54. The molecule has 0 spiro atoms. The van der Waals surface area contributed by atoms with Crippen LogP contribution in [0.4, 0.5) is 0 Å². The number of hydrogen-bond donors (Lipinski definition) is 1. The molecular weight excluding hydrogens is 306 g/mol. The quantitative estimate of drug-likeness (QED) is 0.625. The Balaban J connectivity index is 1.45. The number of fused-ring (bicyclic) bond motifs is 2. The van der Waals surface area contributed by atoms with Crippen LogP contribution in [0.1, 0.15) is 11.5 Å². The van der Waals surface area contributed by atoms with Crippen LogP contribution in [0, 0.1) is 0 Å². The van der Waals surface area contributed by atoms with Crippen molar-refractivity contribution in [1.29, 1.82) is 0 Å². The molecule has 0 unspecified atom stereocenters. The molecule has 0 bridgehead atoms. The molecule has 0 fully saturated rings. The lowest BCUT2D eigenvalue weighted by Crippen LogP contribution is -1.92. The van der Waals surface area contributed by atoms with Crippen LogP contribution in [0.25, 0.3) is 22.3 Å². The normalized spacial score (nSPS) is 12.8. The Morgan fingerprint density at radius 1 is 1.04 bits per heavy atom. The average Bonchev–Trinajstić information content (AvgIpc) is 3.34. The van der Waals surface area contributed by atoms with E-state index in [0.29, 0.717) is 23.9 Å². The van der Waals surface area contributed by atoms with Gasteiger partial charge in [0.05, 0.1) is 6.42 Å². The zero-order valence-corrected chi connectivity index (χ0v) is 12.7. The third-order valence-electron chi connectivity index (χ3n) is 4.12. The highest BCUT2D eigenvalue weighted by atomic mass is 16.7. The highest BCUT2D eigenvalue weighted by Crippen LogP contribution is 2.35. The van der Waals surface area contributed by atoms with Crippen LogP contribution in [0.3, 0.4) is 0 Å². The maximum absolute atomic E-state index is 5.41. The van der Waals surface area contributed by atoms with E-state index in [1.807, 2.05) is 42.6 Å². The van der Waals surface area contributed by atoms with Gasteiger partial charge in [-0.15, -0.1) is 0 Å². The number of aromatic amines is 1. The van der Waals surface area contributed by atoms with Gasteiger partial charge in [-0.25, -0.2) is 0 Å². The molecular formula is C18H13N3O3. The smallest absolute Gasteiger partial charge is 0.231 e. The molecule has 0 atom stereocenters. The lowest BCUT2D eigenvalue weighted by Gasteiger charge is -1.97. The summed E-state index contributed by atoms with van der Waals surface area (Å²) < 4.78 is 16.1. The molecule has 5 rings (SSSR count). The van der Waals surface area contributed by atoms with Gasteiger partial charge in [0.15, 0.2) is 11.5 Å². The van der Waals surface area contributed by atoms with E-state index in [-0.39, 0.29) is 6.79 Å². The van der Waals surface area contributed by atoms with Crippen molar-refractivity contribution in [3.8, 4) is 22.9 Å². The van der Waals surface area contributed by atoms with Crippen molar-refractivity contribution in [1.82, 2.24) is 15.1 Å². The molecule has 2 aromatic heterocycles. The first-order chi connectivity index (χ1) is 11.9. The first kappa shape index (κ1) is 13.2. The summed E-state index contributed by atoms with van der Waals surface area (Å²) in [5, 5.41) is 5.25. The Morgan fingerprint density at radius 3 is 2.96 bits per heavy atom. The second kappa shape index (κ2) is 5.13. The van der Waals surface area contributed by atoms with Gasteiger partial charge in [-0.05, 0) is 29.8 Å². The molecule has 4 aromatic rings. The summed E-state index contributed by atoms with van der Waals surface area (Å²) in [6, 6.07) is 13.8. The third kappa shape index (κ3) is 2.11. The van der Waals surface area contributed by atoms with Crippen LogP contribution in [0.15, 0.2) is 53.2 Å². The molecule has 1 aliphatic rings. The SMILES string of the molecule is c1ccc2c(Cc3nc(-c4ccc5c(c4)OCO5)no3)c[nH]c2c1. The fourth-order valence-electron chi connectivity index (χ4n) is 2.92. The van der Waals surface area contributed by atoms with Crippen molar-refractivity contribution in [2.75, 3.05) is 6.79 Å². The fourth-order valence-corrected chi connectivity index (χ4v) is 2.92. The van der Waals surface area contributed by atoms with E-state index in [1.165, 1.54) is 5.39 Å². The number of H-pyrrole nitrogens is 1. The third-order valence-corrected chi connectivity index (χ3v) is 4.12. The Morgan fingerprint density at radius 2 is 1.96 bits per heavy atom. The van der Waals surface area contributed by atoms with Crippen LogP contribution >= 0.6 is 0 Å². The Hall–Kier alpha value is -3.28. The molecule has 1 N–H and O–H groups in total. The van der Waals surface area contributed by atoms with Crippen LogP contribution in [-0.4, -0.2) is 21.9 Å². The van der Waals surface area contributed by atoms with E-state index in [9.17, 15) is 0 Å². The van der Waals surface area contributed by atoms with E-state index >= 15 is 0 Å². The highest BCUT2D eigenvalue weighted by Gasteiger charge is 2.17. The van der Waals surface area contributed by atoms with Crippen molar-refractivity contribution < 1.29 is 14.0 Å². The minimum Gasteiger partial charge on any atom is -0.454 e. The second-order valence-electron chi connectivity index (χ2n) is 5.62. The maximum atomic E-state index is 5.41. The molecule has 0 radical (unpaired) electrons. The van der Waals surface area contributed by atoms with Gasteiger partial charge < -0.3 is 19.0 Å². The summed E-state index contributed by atoms with van der Waals surface area (Å²) in [6.07, 6.45) is 2.57. The molecule has 0 saturated heterocycles. The predicted molar refractivity (Wildman–Crippen MR) is 87.0 cm³/mol. The van der Waals surface area contributed by atoms with Gasteiger partial charge in [0.25, 0.3) is 0 Å². The first-order valence-electron chi connectivity index (χ1n) is 7.64. The molecule has 0 aliphatic carbocycles. The number of benzene rings is 2. The van der Waals surface area contributed by atoms with E-state index < -0.39 is 0 Å². The Kier molecular flexibility index (Phi) is 2.82. The summed E-state index contributed by atoms with van der Waals surface area (Å²) >= 11 is 0. The van der Waals surface area contributed by atoms with E-state index in [0.717, 1.165) is 22.4 Å². The molecule has 6 nitrogen and oxygen atoms in total. The summed E-state index contributed by atoms with van der Waals surface area (Å²) in [4.78, 5) is 7.75. The summed E-state index contributed by atoms with van der Waals surface area (Å²) in [5.41, 5.74) is 3.07. The van der Waals surface area contributed by atoms with Gasteiger partial charge in [-0.1, -0.05) is 23.4 Å². The molecule has 24 heavy (non-hydrogen) atoms. The van der Waals surface area contributed by atoms with Gasteiger partial charge in [-0.3, -0.25) is 0 Å². The molecule has 6 heteroatoms. The number of nitrogens with zero attached hydrogens (tertiary/aromatic N) is 2. The number of rotatable bonds is 3. The molecule has 118 valence electrons. The minimum absolute atomic E-state index is 0.247. The van der Waals surface area contributed by atoms with Crippen LogP contribution in [-0.2, 0) is 6.42 Å². The summed E-state index contributed by atoms with van der Waals surface area (Å²) in [6.45, 7) is 0.247. The average molecular weight is 319 g/mol. The lowest BCUT2D eigenvalue weighted by molar-refractivity contribution is 0.174. The highest BCUT2D eigenvalue weighted by molar-refractivity contribution is 5.83. The molecule has 3 heterocycles.